The monoisotopic (exact) mass is 387 g/mol. The van der Waals surface area contributed by atoms with E-state index in [9.17, 15) is 9.90 Å². The number of methoxy groups -OCH3 is 1. The van der Waals surface area contributed by atoms with Crippen molar-refractivity contribution in [2.75, 3.05) is 13.7 Å². The second kappa shape index (κ2) is 8.19. The number of aliphatic imine (C=N–C) groups is 1. The highest BCUT2D eigenvalue weighted by molar-refractivity contribution is 6.52. The van der Waals surface area contributed by atoms with Crippen LogP contribution in [0.3, 0.4) is 0 Å². The van der Waals surface area contributed by atoms with Gasteiger partial charge in [-0.1, -0.05) is 30.3 Å². The van der Waals surface area contributed by atoms with E-state index in [2.05, 4.69) is 4.99 Å². The van der Waals surface area contributed by atoms with Crippen LogP contribution in [0.4, 0.5) is 0 Å². The average Bonchev–Trinajstić information content (AvgIpc) is 2.77. The van der Waals surface area contributed by atoms with Crippen LogP contribution in [0, 0.1) is 0 Å². The number of phenols is 1. The normalized spacial score (nSPS) is 12.7. The summed E-state index contributed by atoms with van der Waals surface area (Å²) < 4.78 is 11.5. The Balaban J connectivity index is 1.66. The van der Waals surface area contributed by atoms with Gasteiger partial charge in [0.15, 0.2) is 11.5 Å². The minimum atomic E-state index is -0.176. The Kier molecular flexibility index (Phi) is 5.29. The molecule has 0 radical (unpaired) electrons. The van der Waals surface area contributed by atoms with Crippen molar-refractivity contribution >= 4 is 11.5 Å². The molecular weight excluding hydrogens is 366 g/mol. The summed E-state index contributed by atoms with van der Waals surface area (Å²) in [5, 5.41) is 9.48. The zero-order chi connectivity index (χ0) is 20.2. The molecule has 0 unspecified atom stereocenters. The minimum Gasteiger partial charge on any atom is -0.508 e. The number of carbonyl (C=O) groups is 1. The van der Waals surface area contributed by atoms with Crippen molar-refractivity contribution in [1.29, 1.82) is 0 Å². The average molecular weight is 387 g/mol. The summed E-state index contributed by atoms with van der Waals surface area (Å²) in [5.41, 5.74) is 3.70. The van der Waals surface area contributed by atoms with Gasteiger partial charge in [-0.15, -0.1) is 0 Å². The fourth-order valence-corrected chi connectivity index (χ4v) is 3.35. The fourth-order valence-electron chi connectivity index (χ4n) is 3.35. The number of hydrogen-bond donors (Lipinski definition) is 1. The highest BCUT2D eigenvalue weighted by atomic mass is 16.5. The lowest BCUT2D eigenvalue weighted by molar-refractivity contribution is 0.106. The van der Waals surface area contributed by atoms with Crippen LogP contribution in [0.15, 0.2) is 71.7 Å². The Bertz CT molecular complexity index is 1060. The van der Waals surface area contributed by atoms with Crippen LogP contribution in [0.2, 0.25) is 0 Å². The van der Waals surface area contributed by atoms with E-state index in [0.29, 0.717) is 35.9 Å². The molecule has 1 N–H and O–H groups in total. The van der Waals surface area contributed by atoms with Crippen molar-refractivity contribution in [2.45, 2.75) is 13.0 Å². The summed E-state index contributed by atoms with van der Waals surface area (Å²) in [6, 6.07) is 19.8. The van der Waals surface area contributed by atoms with Crippen molar-refractivity contribution in [3.8, 4) is 17.2 Å². The van der Waals surface area contributed by atoms with Gasteiger partial charge in [-0.05, 0) is 53.9 Å². The SMILES string of the molecule is COc1cc2c(cc1OCc1ccccc1)C(C(=O)c1ccc(O)cc1)=NCC2. The van der Waals surface area contributed by atoms with Crippen LogP contribution in [0.25, 0.3) is 0 Å². The molecule has 0 fully saturated rings. The van der Waals surface area contributed by atoms with Gasteiger partial charge < -0.3 is 14.6 Å². The summed E-state index contributed by atoms with van der Waals surface area (Å²) in [6.45, 7) is 0.938. The van der Waals surface area contributed by atoms with Gasteiger partial charge in [0.2, 0.25) is 5.78 Å². The van der Waals surface area contributed by atoms with Gasteiger partial charge in [-0.3, -0.25) is 9.79 Å². The molecule has 146 valence electrons. The largest absolute Gasteiger partial charge is 0.508 e. The molecule has 0 atom stereocenters. The molecule has 3 aromatic rings. The van der Waals surface area contributed by atoms with E-state index < -0.39 is 0 Å². The number of Topliss-reactive ketones (excluding diaryl/α,β-unsaturated/α-hetero) is 1. The maximum absolute atomic E-state index is 13.0. The molecule has 1 aliphatic rings. The molecule has 5 heteroatoms. The number of fused-ring (bicyclic) bond motifs is 1. The first-order valence-corrected chi connectivity index (χ1v) is 9.42. The molecule has 29 heavy (non-hydrogen) atoms. The number of rotatable bonds is 6. The number of carbonyl (C=O) groups excluding carboxylic acids is 1. The van der Waals surface area contributed by atoms with E-state index in [4.69, 9.17) is 9.47 Å². The van der Waals surface area contributed by atoms with Crippen molar-refractivity contribution in [3.63, 3.8) is 0 Å². The number of benzene rings is 3. The highest BCUT2D eigenvalue weighted by Crippen LogP contribution is 2.34. The molecule has 5 nitrogen and oxygen atoms in total. The zero-order valence-electron chi connectivity index (χ0n) is 16.1. The van der Waals surface area contributed by atoms with Crippen LogP contribution in [-0.2, 0) is 13.0 Å². The second-order valence-corrected chi connectivity index (χ2v) is 6.79. The fraction of sp³-hybridized carbons (Fsp3) is 0.167. The summed E-state index contributed by atoms with van der Waals surface area (Å²) in [6.07, 6.45) is 0.733. The lowest BCUT2D eigenvalue weighted by Crippen LogP contribution is -2.22. The first kappa shape index (κ1) is 18.7. The smallest absolute Gasteiger partial charge is 0.211 e. The molecule has 4 rings (SSSR count). The maximum atomic E-state index is 13.0. The topological polar surface area (TPSA) is 68.1 Å². The quantitative estimate of drug-likeness (QED) is 0.644. The summed E-state index contributed by atoms with van der Waals surface area (Å²) in [7, 11) is 1.61. The molecule has 3 aromatic carbocycles. The minimum absolute atomic E-state index is 0.119. The Morgan fingerprint density at radius 1 is 1.03 bits per heavy atom. The number of phenolic OH excluding ortho intramolecular Hbond substituents is 1. The first-order valence-electron chi connectivity index (χ1n) is 9.42. The van der Waals surface area contributed by atoms with E-state index in [1.807, 2.05) is 42.5 Å². The van der Waals surface area contributed by atoms with Gasteiger partial charge in [0, 0.05) is 17.7 Å². The van der Waals surface area contributed by atoms with E-state index in [0.717, 1.165) is 23.1 Å². The molecule has 1 aliphatic heterocycles. The van der Waals surface area contributed by atoms with Gasteiger partial charge in [0.25, 0.3) is 0 Å². The van der Waals surface area contributed by atoms with E-state index in [-0.39, 0.29) is 11.5 Å². The van der Waals surface area contributed by atoms with Crippen LogP contribution < -0.4 is 9.47 Å². The zero-order valence-corrected chi connectivity index (χ0v) is 16.1. The summed E-state index contributed by atoms with van der Waals surface area (Å²) >= 11 is 0. The third-order valence-electron chi connectivity index (χ3n) is 4.88. The highest BCUT2D eigenvalue weighted by Gasteiger charge is 2.24. The third kappa shape index (κ3) is 3.99. The second-order valence-electron chi connectivity index (χ2n) is 6.79. The van der Waals surface area contributed by atoms with Crippen LogP contribution >= 0.6 is 0 Å². The van der Waals surface area contributed by atoms with Crippen LogP contribution in [0.1, 0.15) is 27.0 Å². The lowest BCUT2D eigenvalue weighted by atomic mass is 9.92. The van der Waals surface area contributed by atoms with Crippen LogP contribution in [-0.4, -0.2) is 30.3 Å². The Morgan fingerprint density at radius 2 is 1.79 bits per heavy atom. The third-order valence-corrected chi connectivity index (χ3v) is 4.88. The molecule has 0 saturated carbocycles. The number of ether oxygens (including phenoxy) is 2. The Labute approximate surface area is 169 Å². The van der Waals surface area contributed by atoms with E-state index >= 15 is 0 Å². The first-order chi connectivity index (χ1) is 14.2. The Morgan fingerprint density at radius 3 is 2.52 bits per heavy atom. The van der Waals surface area contributed by atoms with Crippen molar-refractivity contribution in [1.82, 2.24) is 0 Å². The van der Waals surface area contributed by atoms with Gasteiger partial charge in [-0.25, -0.2) is 0 Å². The number of hydrogen-bond acceptors (Lipinski definition) is 5. The number of ketones is 1. The number of aromatic hydroxyl groups is 1. The molecule has 0 spiro atoms. The number of nitrogens with zero attached hydrogens (tertiary/aromatic N) is 1. The standard InChI is InChI=1S/C24H21NO4/c1-28-21-13-18-11-12-25-23(24(27)17-7-9-19(26)10-8-17)20(18)14-22(21)29-15-16-5-3-2-4-6-16/h2-10,13-14,26H,11-12,15H2,1H3. The molecule has 0 amide bonds. The molecule has 0 aliphatic carbocycles. The molecule has 1 heterocycles. The predicted octanol–water partition coefficient (Wildman–Crippen LogP) is 4.21. The van der Waals surface area contributed by atoms with Gasteiger partial charge in [0.1, 0.15) is 18.1 Å². The predicted molar refractivity (Wildman–Crippen MR) is 111 cm³/mol. The summed E-state index contributed by atoms with van der Waals surface area (Å²) in [5.74, 6) is 1.15. The molecule has 0 aromatic heterocycles. The van der Waals surface area contributed by atoms with Crippen molar-refractivity contribution in [2.24, 2.45) is 4.99 Å². The maximum Gasteiger partial charge on any atom is 0.211 e. The van der Waals surface area contributed by atoms with Gasteiger partial charge in [0.05, 0.1) is 7.11 Å². The summed E-state index contributed by atoms with van der Waals surface area (Å²) in [4.78, 5) is 17.5. The van der Waals surface area contributed by atoms with Crippen molar-refractivity contribution in [3.05, 3.63) is 89.0 Å². The van der Waals surface area contributed by atoms with Crippen molar-refractivity contribution < 1.29 is 19.4 Å². The molecule has 0 bridgehead atoms. The van der Waals surface area contributed by atoms with Gasteiger partial charge >= 0.3 is 0 Å². The van der Waals surface area contributed by atoms with E-state index in [1.54, 1.807) is 19.2 Å². The lowest BCUT2D eigenvalue weighted by Gasteiger charge is -2.20. The molecular formula is C24H21NO4. The Hall–Kier alpha value is -3.60. The van der Waals surface area contributed by atoms with Crippen LogP contribution in [0.5, 0.6) is 17.2 Å². The van der Waals surface area contributed by atoms with E-state index in [1.165, 1.54) is 12.1 Å². The molecule has 0 saturated heterocycles. The van der Waals surface area contributed by atoms with Gasteiger partial charge in [-0.2, -0.15) is 0 Å².